The molecule has 1 aliphatic heterocycles. The van der Waals surface area contributed by atoms with Gasteiger partial charge in [0.05, 0.1) is 12.1 Å². The molecule has 0 spiro atoms. The molecule has 1 unspecified atom stereocenters. The molecule has 24 heavy (non-hydrogen) atoms. The Morgan fingerprint density at radius 3 is 2.83 bits per heavy atom. The lowest BCUT2D eigenvalue weighted by Crippen LogP contribution is -2.49. The topological polar surface area (TPSA) is 74.9 Å². The van der Waals surface area contributed by atoms with E-state index >= 15 is 0 Å². The number of aromatic nitrogens is 2. The number of nitrogens with zero attached hydrogens (tertiary/aromatic N) is 3. The number of imidazole rings is 1. The standard InChI is InChI=1S/C17H15N3O3S/c21-15(8-13-10-19-5-6-24-17(19)18-13)20-9-12-4-2-1-3-11(12)7-14(20)16(22)23/h1-6,10,14H,7-9H2,(H,22,23). The Balaban J connectivity index is 1.59. The first-order chi connectivity index (χ1) is 11.6. The van der Waals surface area contributed by atoms with E-state index < -0.39 is 12.0 Å². The molecular formula is C17H15N3O3S. The molecule has 3 aromatic rings. The van der Waals surface area contributed by atoms with Gasteiger partial charge >= 0.3 is 5.97 Å². The smallest absolute Gasteiger partial charge is 0.326 e. The molecule has 7 heteroatoms. The van der Waals surface area contributed by atoms with E-state index in [4.69, 9.17) is 0 Å². The van der Waals surface area contributed by atoms with Crippen LogP contribution in [0.5, 0.6) is 0 Å². The van der Waals surface area contributed by atoms with Crippen molar-refractivity contribution in [2.75, 3.05) is 0 Å². The van der Waals surface area contributed by atoms with E-state index in [1.54, 1.807) is 0 Å². The summed E-state index contributed by atoms with van der Waals surface area (Å²) >= 11 is 1.50. The van der Waals surface area contributed by atoms with Crippen molar-refractivity contribution in [1.82, 2.24) is 14.3 Å². The van der Waals surface area contributed by atoms with Crippen molar-refractivity contribution in [1.29, 1.82) is 0 Å². The Bertz CT molecular complexity index is 901. The summed E-state index contributed by atoms with van der Waals surface area (Å²) in [4.78, 5) is 31.0. The Kier molecular flexibility index (Phi) is 3.57. The van der Waals surface area contributed by atoms with Gasteiger partial charge in [0.2, 0.25) is 5.91 Å². The number of hydrogen-bond acceptors (Lipinski definition) is 4. The Morgan fingerprint density at radius 1 is 1.29 bits per heavy atom. The fraction of sp³-hybridized carbons (Fsp3) is 0.235. The van der Waals surface area contributed by atoms with Crippen LogP contribution in [0.15, 0.2) is 42.0 Å². The monoisotopic (exact) mass is 341 g/mol. The molecule has 0 radical (unpaired) electrons. The second-order valence-electron chi connectivity index (χ2n) is 5.85. The van der Waals surface area contributed by atoms with E-state index in [2.05, 4.69) is 4.98 Å². The van der Waals surface area contributed by atoms with Crippen LogP contribution in [-0.4, -0.2) is 37.3 Å². The molecule has 1 aromatic carbocycles. The van der Waals surface area contributed by atoms with Crippen LogP contribution in [0.25, 0.3) is 4.96 Å². The normalized spacial score (nSPS) is 17.0. The molecule has 1 aliphatic rings. The van der Waals surface area contributed by atoms with E-state index in [9.17, 15) is 14.7 Å². The highest BCUT2D eigenvalue weighted by molar-refractivity contribution is 7.15. The zero-order valence-electron chi connectivity index (χ0n) is 12.8. The number of amides is 1. The van der Waals surface area contributed by atoms with Crippen molar-refractivity contribution in [3.8, 4) is 0 Å². The molecular weight excluding hydrogens is 326 g/mol. The minimum Gasteiger partial charge on any atom is -0.480 e. The van der Waals surface area contributed by atoms with Gasteiger partial charge in [-0.2, -0.15) is 0 Å². The molecule has 0 fully saturated rings. The first-order valence-electron chi connectivity index (χ1n) is 7.62. The molecule has 0 saturated carbocycles. The SMILES string of the molecule is O=C(O)C1Cc2ccccc2CN1C(=O)Cc1cn2ccsc2n1. The number of thiazole rings is 1. The van der Waals surface area contributed by atoms with Crippen molar-refractivity contribution in [2.24, 2.45) is 0 Å². The third-order valence-corrected chi connectivity index (χ3v) is 5.10. The van der Waals surface area contributed by atoms with Crippen molar-refractivity contribution >= 4 is 28.2 Å². The van der Waals surface area contributed by atoms with Crippen molar-refractivity contribution in [3.05, 3.63) is 58.9 Å². The Labute approximate surface area is 142 Å². The van der Waals surface area contributed by atoms with Gasteiger partial charge in [0.1, 0.15) is 6.04 Å². The van der Waals surface area contributed by atoms with Crippen LogP contribution in [-0.2, 0) is 29.0 Å². The summed E-state index contributed by atoms with van der Waals surface area (Å²) in [5.74, 6) is -1.17. The minimum absolute atomic E-state index is 0.111. The average molecular weight is 341 g/mol. The maximum absolute atomic E-state index is 12.7. The highest BCUT2D eigenvalue weighted by Gasteiger charge is 2.34. The van der Waals surface area contributed by atoms with Gasteiger partial charge in [-0.1, -0.05) is 24.3 Å². The predicted molar refractivity (Wildman–Crippen MR) is 88.9 cm³/mol. The van der Waals surface area contributed by atoms with E-state index in [-0.39, 0.29) is 12.3 Å². The number of hydrogen-bond donors (Lipinski definition) is 1. The van der Waals surface area contributed by atoms with Gasteiger partial charge in [-0.05, 0) is 11.1 Å². The lowest BCUT2D eigenvalue weighted by molar-refractivity contribution is -0.151. The van der Waals surface area contributed by atoms with Crippen molar-refractivity contribution in [3.63, 3.8) is 0 Å². The highest BCUT2D eigenvalue weighted by Crippen LogP contribution is 2.24. The third kappa shape index (κ3) is 2.56. The number of carbonyl (C=O) groups is 2. The zero-order chi connectivity index (χ0) is 16.7. The number of fused-ring (bicyclic) bond motifs is 2. The number of carbonyl (C=O) groups excluding carboxylic acids is 1. The quantitative estimate of drug-likeness (QED) is 0.790. The van der Waals surface area contributed by atoms with Gasteiger partial charge < -0.3 is 10.0 Å². The average Bonchev–Trinajstić information content (AvgIpc) is 3.14. The summed E-state index contributed by atoms with van der Waals surface area (Å²) in [6, 6.07) is 6.85. The summed E-state index contributed by atoms with van der Waals surface area (Å²) in [6.45, 7) is 0.328. The van der Waals surface area contributed by atoms with Crippen LogP contribution in [0.3, 0.4) is 0 Å². The summed E-state index contributed by atoms with van der Waals surface area (Å²) in [7, 11) is 0. The number of rotatable bonds is 3. The maximum Gasteiger partial charge on any atom is 0.326 e. The number of carboxylic acid groups (broad SMARTS) is 1. The number of carboxylic acids is 1. The Morgan fingerprint density at radius 2 is 2.08 bits per heavy atom. The molecule has 0 saturated heterocycles. The van der Waals surface area contributed by atoms with E-state index in [1.807, 2.05) is 46.4 Å². The van der Waals surface area contributed by atoms with Crippen LogP contribution in [0, 0.1) is 0 Å². The summed E-state index contributed by atoms with van der Waals surface area (Å²) < 4.78 is 1.87. The Hall–Kier alpha value is -2.67. The minimum atomic E-state index is -0.969. The molecule has 1 amide bonds. The zero-order valence-corrected chi connectivity index (χ0v) is 13.6. The van der Waals surface area contributed by atoms with Gasteiger partial charge in [0.15, 0.2) is 4.96 Å². The van der Waals surface area contributed by atoms with Crippen molar-refractivity contribution < 1.29 is 14.7 Å². The molecule has 0 bridgehead atoms. The number of aliphatic carboxylic acids is 1. The summed E-state index contributed by atoms with van der Waals surface area (Å²) in [6.07, 6.45) is 4.16. The van der Waals surface area contributed by atoms with Crippen LogP contribution in [0.1, 0.15) is 16.8 Å². The van der Waals surface area contributed by atoms with Gasteiger partial charge in [-0.3, -0.25) is 9.20 Å². The van der Waals surface area contributed by atoms with E-state index in [0.717, 1.165) is 16.1 Å². The molecule has 6 nitrogen and oxygen atoms in total. The lowest BCUT2D eigenvalue weighted by Gasteiger charge is -2.34. The summed E-state index contributed by atoms with van der Waals surface area (Å²) in [5, 5.41) is 11.4. The van der Waals surface area contributed by atoms with Crippen LogP contribution >= 0.6 is 11.3 Å². The van der Waals surface area contributed by atoms with E-state index in [0.29, 0.717) is 18.7 Å². The van der Waals surface area contributed by atoms with Crippen LogP contribution < -0.4 is 0 Å². The highest BCUT2D eigenvalue weighted by atomic mass is 32.1. The van der Waals surface area contributed by atoms with E-state index in [1.165, 1.54) is 16.2 Å². The second kappa shape index (κ2) is 5.76. The largest absolute Gasteiger partial charge is 0.480 e. The maximum atomic E-state index is 12.7. The third-order valence-electron chi connectivity index (χ3n) is 4.33. The molecule has 122 valence electrons. The van der Waals surface area contributed by atoms with Gasteiger partial charge in [0, 0.05) is 30.7 Å². The molecule has 0 aliphatic carbocycles. The van der Waals surface area contributed by atoms with Gasteiger partial charge in [-0.25, -0.2) is 9.78 Å². The predicted octanol–water partition coefficient (Wildman–Crippen LogP) is 1.98. The second-order valence-corrected chi connectivity index (χ2v) is 6.72. The van der Waals surface area contributed by atoms with Gasteiger partial charge in [-0.15, -0.1) is 11.3 Å². The first-order valence-corrected chi connectivity index (χ1v) is 8.50. The fourth-order valence-corrected chi connectivity index (χ4v) is 3.84. The first kappa shape index (κ1) is 14.9. The lowest BCUT2D eigenvalue weighted by atomic mass is 9.93. The molecule has 1 N–H and O–H groups in total. The number of benzene rings is 1. The molecule has 1 atom stereocenters. The molecule has 4 rings (SSSR count). The molecule has 3 heterocycles. The van der Waals surface area contributed by atoms with Crippen LogP contribution in [0.2, 0.25) is 0 Å². The van der Waals surface area contributed by atoms with Crippen LogP contribution in [0.4, 0.5) is 0 Å². The van der Waals surface area contributed by atoms with Crippen molar-refractivity contribution in [2.45, 2.75) is 25.4 Å². The fourth-order valence-electron chi connectivity index (χ4n) is 3.12. The summed E-state index contributed by atoms with van der Waals surface area (Å²) in [5.41, 5.74) is 2.67. The van der Waals surface area contributed by atoms with Gasteiger partial charge in [0.25, 0.3) is 0 Å². The molecule has 2 aromatic heterocycles.